The van der Waals surface area contributed by atoms with E-state index < -0.39 is 0 Å². The normalized spacial score (nSPS) is 10.8. The molecular formula is C20H17N3O2S. The number of H-pyrrole nitrogens is 1. The number of para-hydroxylation sites is 2. The summed E-state index contributed by atoms with van der Waals surface area (Å²) in [7, 11) is 1.63. The third kappa shape index (κ3) is 2.95. The quantitative estimate of drug-likeness (QED) is 0.524. The molecule has 5 nitrogen and oxygen atoms in total. The van der Waals surface area contributed by atoms with Crippen molar-refractivity contribution in [2.24, 2.45) is 0 Å². The summed E-state index contributed by atoms with van der Waals surface area (Å²) < 4.78 is 13.8. The van der Waals surface area contributed by atoms with Crippen molar-refractivity contribution in [3.05, 3.63) is 77.3 Å². The first-order chi connectivity index (χ1) is 12.8. The fourth-order valence-corrected chi connectivity index (χ4v) is 3.20. The largest absolute Gasteiger partial charge is 0.495 e. The molecule has 6 heteroatoms. The fraction of sp³-hybridized carbons (Fsp3) is 0.100. The third-order valence-electron chi connectivity index (χ3n) is 4.17. The van der Waals surface area contributed by atoms with Crippen LogP contribution in [0.25, 0.3) is 16.5 Å². The number of nitrogens with zero attached hydrogens (tertiary/aromatic N) is 2. The van der Waals surface area contributed by atoms with Crippen molar-refractivity contribution < 1.29 is 9.47 Å². The molecule has 0 bridgehead atoms. The molecule has 0 saturated carbocycles. The van der Waals surface area contributed by atoms with Crippen molar-refractivity contribution in [2.45, 2.75) is 6.61 Å². The van der Waals surface area contributed by atoms with Crippen molar-refractivity contribution in [3.63, 3.8) is 0 Å². The van der Waals surface area contributed by atoms with Crippen LogP contribution in [-0.4, -0.2) is 21.9 Å². The third-order valence-corrected chi connectivity index (χ3v) is 4.45. The summed E-state index contributed by atoms with van der Waals surface area (Å²) in [5, 5.41) is 9.36. The van der Waals surface area contributed by atoms with E-state index in [2.05, 4.69) is 22.3 Å². The van der Waals surface area contributed by atoms with Gasteiger partial charge in [-0.3, -0.25) is 9.67 Å². The zero-order valence-corrected chi connectivity index (χ0v) is 15.0. The van der Waals surface area contributed by atoms with Gasteiger partial charge in [0.05, 0.1) is 12.8 Å². The number of nitrogens with one attached hydrogen (secondary N) is 1. The first kappa shape index (κ1) is 16.4. The highest BCUT2D eigenvalue weighted by Gasteiger charge is 2.13. The number of rotatable bonds is 5. The topological polar surface area (TPSA) is 52.1 Å². The first-order valence-electron chi connectivity index (χ1n) is 8.18. The molecule has 0 spiro atoms. The zero-order chi connectivity index (χ0) is 17.9. The van der Waals surface area contributed by atoms with Gasteiger partial charge in [-0.1, -0.05) is 48.5 Å². The predicted octanol–water partition coefficient (Wildman–Crippen LogP) is 4.67. The molecule has 0 fully saturated rings. The molecule has 0 aliphatic carbocycles. The van der Waals surface area contributed by atoms with Crippen LogP contribution < -0.4 is 9.47 Å². The van der Waals surface area contributed by atoms with Gasteiger partial charge in [0.15, 0.2) is 10.6 Å². The molecule has 4 rings (SSSR count). The molecule has 26 heavy (non-hydrogen) atoms. The summed E-state index contributed by atoms with van der Waals surface area (Å²) >= 11 is 5.40. The van der Waals surface area contributed by atoms with Gasteiger partial charge in [-0.15, -0.1) is 0 Å². The molecule has 0 saturated heterocycles. The van der Waals surface area contributed by atoms with E-state index in [0.717, 1.165) is 28.0 Å². The summed E-state index contributed by atoms with van der Waals surface area (Å²) in [4.78, 5) is 0. The second kappa shape index (κ2) is 7.01. The molecule has 1 aromatic heterocycles. The van der Waals surface area contributed by atoms with Crippen LogP contribution in [0.15, 0.2) is 66.7 Å². The maximum absolute atomic E-state index is 6.06. The Kier molecular flexibility index (Phi) is 4.41. The van der Waals surface area contributed by atoms with E-state index in [1.807, 2.05) is 59.2 Å². The van der Waals surface area contributed by atoms with Crippen LogP contribution in [0, 0.1) is 4.77 Å². The number of ether oxygens (including phenoxy) is 2. The van der Waals surface area contributed by atoms with E-state index in [4.69, 9.17) is 21.7 Å². The maximum atomic E-state index is 6.06. The van der Waals surface area contributed by atoms with Crippen molar-refractivity contribution in [2.75, 3.05) is 7.11 Å². The summed E-state index contributed by atoms with van der Waals surface area (Å²) in [6, 6.07) is 21.8. The average Bonchev–Trinajstić information content (AvgIpc) is 3.06. The molecule has 3 aromatic carbocycles. The lowest BCUT2D eigenvalue weighted by molar-refractivity contribution is 0.296. The zero-order valence-electron chi connectivity index (χ0n) is 14.2. The maximum Gasteiger partial charge on any atom is 0.200 e. The average molecular weight is 363 g/mol. The smallest absolute Gasteiger partial charge is 0.200 e. The van der Waals surface area contributed by atoms with Crippen molar-refractivity contribution >= 4 is 23.0 Å². The van der Waals surface area contributed by atoms with Gasteiger partial charge in [0.2, 0.25) is 0 Å². The minimum Gasteiger partial charge on any atom is -0.495 e. The lowest BCUT2D eigenvalue weighted by Crippen LogP contribution is -2.07. The number of methoxy groups -OCH3 is 1. The van der Waals surface area contributed by atoms with Crippen LogP contribution in [0.4, 0.5) is 0 Å². The van der Waals surface area contributed by atoms with E-state index in [-0.39, 0.29) is 6.61 Å². The van der Waals surface area contributed by atoms with E-state index in [1.165, 1.54) is 0 Å². The molecule has 1 heterocycles. The number of aromatic amines is 1. The van der Waals surface area contributed by atoms with Crippen molar-refractivity contribution in [1.82, 2.24) is 14.8 Å². The summed E-state index contributed by atoms with van der Waals surface area (Å²) in [5.74, 6) is 2.20. The number of hydrogen-bond acceptors (Lipinski definition) is 4. The number of aromatic nitrogens is 3. The lowest BCUT2D eigenvalue weighted by atomic mass is 10.1. The molecule has 130 valence electrons. The fourth-order valence-electron chi connectivity index (χ4n) is 2.95. The molecule has 0 aliphatic heterocycles. The molecule has 4 aromatic rings. The number of hydrogen-bond donors (Lipinski definition) is 1. The second-order valence-corrected chi connectivity index (χ2v) is 6.10. The van der Waals surface area contributed by atoms with E-state index >= 15 is 0 Å². The van der Waals surface area contributed by atoms with E-state index in [9.17, 15) is 0 Å². The molecule has 0 amide bonds. The second-order valence-electron chi connectivity index (χ2n) is 5.72. The molecule has 0 radical (unpaired) electrons. The summed E-state index contributed by atoms with van der Waals surface area (Å²) in [5.41, 5.74) is 0.824. The van der Waals surface area contributed by atoms with Gasteiger partial charge in [-0.05, 0) is 35.8 Å². The van der Waals surface area contributed by atoms with Gasteiger partial charge in [-0.25, -0.2) is 0 Å². The van der Waals surface area contributed by atoms with Crippen molar-refractivity contribution in [1.29, 1.82) is 0 Å². The minimum absolute atomic E-state index is 0.277. The highest BCUT2D eigenvalue weighted by atomic mass is 32.1. The van der Waals surface area contributed by atoms with Crippen molar-refractivity contribution in [3.8, 4) is 17.2 Å². The van der Waals surface area contributed by atoms with Crippen LogP contribution >= 0.6 is 12.2 Å². The van der Waals surface area contributed by atoms with Crippen LogP contribution in [0.1, 0.15) is 5.82 Å². The molecule has 0 atom stereocenters. The molecular weight excluding hydrogens is 346 g/mol. The Hall–Kier alpha value is -3.12. The Labute approximate surface area is 155 Å². The van der Waals surface area contributed by atoms with Gasteiger partial charge in [0.25, 0.3) is 0 Å². The van der Waals surface area contributed by atoms with Gasteiger partial charge in [-0.2, -0.15) is 5.10 Å². The standard InChI is InChI=1S/C20H17N3O2S/c1-24-18-11-5-4-10-16(18)23-19(21-22-20(23)26)13-25-17-12-6-8-14-7-2-3-9-15(14)17/h2-12H,13H2,1H3,(H,22,26). The SMILES string of the molecule is COc1ccccc1-n1c(COc2cccc3ccccc23)n[nH]c1=S. The van der Waals surface area contributed by atoms with Gasteiger partial charge >= 0.3 is 0 Å². The van der Waals surface area contributed by atoms with Gasteiger partial charge < -0.3 is 9.47 Å². The van der Waals surface area contributed by atoms with Crippen LogP contribution in [0.2, 0.25) is 0 Å². The van der Waals surface area contributed by atoms with Crippen LogP contribution in [-0.2, 0) is 6.61 Å². The van der Waals surface area contributed by atoms with Crippen LogP contribution in [0.5, 0.6) is 11.5 Å². The molecule has 0 unspecified atom stereocenters. The monoisotopic (exact) mass is 363 g/mol. The Balaban J connectivity index is 1.69. The Morgan fingerprint density at radius 3 is 2.58 bits per heavy atom. The lowest BCUT2D eigenvalue weighted by Gasteiger charge is -2.12. The van der Waals surface area contributed by atoms with Gasteiger partial charge in [0, 0.05) is 5.39 Å². The predicted molar refractivity (Wildman–Crippen MR) is 104 cm³/mol. The first-order valence-corrected chi connectivity index (χ1v) is 8.59. The van der Waals surface area contributed by atoms with E-state index in [0.29, 0.717) is 10.6 Å². The minimum atomic E-state index is 0.277. The van der Waals surface area contributed by atoms with Gasteiger partial charge in [0.1, 0.15) is 18.1 Å². The summed E-state index contributed by atoms with van der Waals surface area (Å²) in [6.45, 7) is 0.277. The Bertz CT molecular complexity index is 1110. The van der Waals surface area contributed by atoms with Crippen LogP contribution in [0.3, 0.4) is 0 Å². The Morgan fingerprint density at radius 1 is 0.962 bits per heavy atom. The Morgan fingerprint density at radius 2 is 1.69 bits per heavy atom. The molecule has 1 N–H and O–H groups in total. The highest BCUT2D eigenvalue weighted by molar-refractivity contribution is 7.71. The number of benzene rings is 3. The number of fused-ring (bicyclic) bond motifs is 1. The molecule has 0 aliphatic rings. The highest BCUT2D eigenvalue weighted by Crippen LogP contribution is 2.27. The summed E-state index contributed by atoms with van der Waals surface area (Å²) in [6.07, 6.45) is 0. The van der Waals surface area contributed by atoms with E-state index in [1.54, 1.807) is 7.11 Å².